The van der Waals surface area contributed by atoms with Crippen LogP contribution in [-0.2, 0) is 33.2 Å². The Morgan fingerprint density at radius 3 is 1.29 bits per heavy atom. The van der Waals surface area contributed by atoms with Crippen molar-refractivity contribution in [2.24, 2.45) is 0 Å². The molecule has 424 valence electrons. The molecule has 0 aliphatic carbocycles. The molecule has 0 amide bonds. The van der Waals surface area contributed by atoms with Gasteiger partial charge in [-0.2, -0.15) is 0 Å². The average Bonchev–Trinajstić information content (AvgIpc) is 3.41. The highest BCUT2D eigenvalue weighted by Gasteiger charge is 2.47. The minimum Gasteiger partial charge on any atom is -0.457 e. The molecule has 0 aromatic heterocycles. The number of hydrogen-bond donors (Lipinski definition) is 7. The van der Waals surface area contributed by atoms with Gasteiger partial charge in [-0.1, -0.05) is 180 Å². The molecule has 11 unspecified atom stereocenters. The molecule has 0 radical (unpaired) electrons. The first-order valence-corrected chi connectivity index (χ1v) is 27.8. The molecule has 0 saturated carbocycles. The van der Waals surface area contributed by atoms with E-state index in [2.05, 4.69) is 129 Å². The van der Waals surface area contributed by atoms with Crippen molar-refractivity contribution in [2.75, 3.05) is 33.0 Å². The van der Waals surface area contributed by atoms with E-state index in [1.165, 1.54) is 19.3 Å². The summed E-state index contributed by atoms with van der Waals surface area (Å²) in [4.78, 5) is 13.0. The van der Waals surface area contributed by atoms with Gasteiger partial charge in [0.1, 0.15) is 54.9 Å². The summed E-state index contributed by atoms with van der Waals surface area (Å²) >= 11 is 0. The summed E-state index contributed by atoms with van der Waals surface area (Å²) in [6.45, 7) is 3.26. The second kappa shape index (κ2) is 46.2. The minimum absolute atomic E-state index is 0.00362. The molecule has 2 fully saturated rings. The van der Waals surface area contributed by atoms with Crippen LogP contribution < -0.4 is 0 Å². The van der Waals surface area contributed by atoms with Crippen molar-refractivity contribution in [1.82, 2.24) is 0 Å². The number of unbranched alkanes of at least 4 members (excludes halogenated alkanes) is 7. The van der Waals surface area contributed by atoms with Crippen molar-refractivity contribution in [3.05, 3.63) is 134 Å². The lowest BCUT2D eigenvalue weighted by molar-refractivity contribution is -0.332. The zero-order valence-electron chi connectivity index (χ0n) is 45.2. The maximum Gasteiger partial charge on any atom is 0.310 e. The Kier molecular flexibility index (Phi) is 41.5. The molecule has 0 aromatic rings. The van der Waals surface area contributed by atoms with Crippen molar-refractivity contribution < 1.29 is 69.0 Å². The predicted molar refractivity (Wildman–Crippen MR) is 297 cm³/mol. The van der Waals surface area contributed by atoms with E-state index in [0.29, 0.717) is 13.0 Å². The third-order valence-electron chi connectivity index (χ3n) is 12.2. The molecule has 75 heavy (non-hydrogen) atoms. The first-order chi connectivity index (χ1) is 36.6. The summed E-state index contributed by atoms with van der Waals surface area (Å²) < 4.78 is 34.2. The predicted octanol–water partition coefficient (Wildman–Crippen LogP) is 9.52. The molecule has 14 heteroatoms. The monoisotopic (exact) mass is 1050 g/mol. The molecule has 2 heterocycles. The number of esters is 1. The van der Waals surface area contributed by atoms with Crippen molar-refractivity contribution in [2.45, 2.75) is 210 Å². The second-order valence-corrected chi connectivity index (χ2v) is 18.7. The number of aliphatic hydroxyl groups is 7. The normalized spacial score (nSPS) is 25.7. The van der Waals surface area contributed by atoms with Crippen LogP contribution in [0.25, 0.3) is 0 Å². The van der Waals surface area contributed by atoms with Crippen LogP contribution in [0, 0.1) is 0 Å². The van der Waals surface area contributed by atoms with Gasteiger partial charge in [-0.25, -0.2) is 0 Å². The Bertz CT molecular complexity index is 1740. The van der Waals surface area contributed by atoms with Gasteiger partial charge in [0.05, 0.1) is 32.8 Å². The molecule has 0 bridgehead atoms. The first kappa shape index (κ1) is 67.2. The molecule has 7 N–H and O–H groups in total. The molecule has 2 rings (SSSR count). The minimum atomic E-state index is -1.73. The fourth-order valence-corrected chi connectivity index (χ4v) is 7.77. The van der Waals surface area contributed by atoms with Gasteiger partial charge in [0.15, 0.2) is 12.6 Å². The van der Waals surface area contributed by atoms with Gasteiger partial charge >= 0.3 is 5.97 Å². The number of hydrogen-bond acceptors (Lipinski definition) is 14. The van der Waals surface area contributed by atoms with Crippen LogP contribution in [0.3, 0.4) is 0 Å². The standard InChI is InChI=1S/C61H96O14/c1-3-5-7-9-11-13-15-17-19-20-21-22-23-24-25-26-27-28-29-31-33-35-37-39-41-43-45-70-47-50(73-53(63)44-42-40-38-36-34-32-30-18-16-14-12-10-8-6-4-2)48-71-60-59(69)57(67)55(65)52(75-60)49-72-61-58(68)56(66)54(64)51(46-62)74-61/h5-8,11-14,17-19,21-22,24-25,27-28,30,34,36,40,42,50-52,54-62,64-69H,3-4,9-10,15-16,20,23,26,29,31-33,35,37-39,41,43-49H2,1-2H3/b7-5-,8-6-,13-11-,14-12-,19-17-,22-21-,25-24-,28-27-,30-18-,36-34-,42-40-. The summed E-state index contributed by atoms with van der Waals surface area (Å²) in [5.41, 5.74) is 0. The van der Waals surface area contributed by atoms with E-state index >= 15 is 0 Å². The largest absolute Gasteiger partial charge is 0.457 e. The Hall–Kier alpha value is -3.87. The number of rotatable bonds is 42. The SMILES string of the molecule is CC/C=C\C/C=C\C/C=C\C/C=C\C/C=C\C/C=C\CCCCCCCCCOCC(COC1OC(COC2OC(CO)C(O)C(O)C2O)C(O)C(O)C1O)OC(=O)C/C=C\C/C=C\C/C=C\C/C=C\C/C=C\CC. The highest BCUT2D eigenvalue weighted by atomic mass is 16.7. The molecule has 0 aromatic carbocycles. The number of carbonyl (C=O) groups is 1. The fourth-order valence-electron chi connectivity index (χ4n) is 7.77. The lowest BCUT2D eigenvalue weighted by Crippen LogP contribution is -2.61. The van der Waals surface area contributed by atoms with Crippen LogP contribution >= 0.6 is 0 Å². The van der Waals surface area contributed by atoms with Crippen LogP contribution in [0.4, 0.5) is 0 Å². The van der Waals surface area contributed by atoms with Gasteiger partial charge in [0.25, 0.3) is 0 Å². The quantitative estimate of drug-likeness (QED) is 0.0172. The Balaban J connectivity index is 1.75. The summed E-state index contributed by atoms with van der Waals surface area (Å²) in [5.74, 6) is -0.513. The van der Waals surface area contributed by atoms with E-state index in [9.17, 15) is 40.5 Å². The summed E-state index contributed by atoms with van der Waals surface area (Å²) in [6.07, 6.45) is 49.7. The van der Waals surface area contributed by atoms with Gasteiger partial charge < -0.3 is 64.2 Å². The van der Waals surface area contributed by atoms with Gasteiger partial charge in [-0.05, 0) is 89.9 Å². The zero-order chi connectivity index (χ0) is 54.4. The molecular formula is C61H96O14. The molecule has 0 spiro atoms. The maximum atomic E-state index is 13.0. The van der Waals surface area contributed by atoms with Gasteiger partial charge in [-0.15, -0.1) is 0 Å². The lowest BCUT2D eigenvalue weighted by Gasteiger charge is -2.42. The van der Waals surface area contributed by atoms with Crippen LogP contribution in [0.15, 0.2) is 134 Å². The second-order valence-electron chi connectivity index (χ2n) is 18.7. The fraction of sp³-hybridized carbons (Fsp3) is 0.623. The van der Waals surface area contributed by atoms with E-state index in [0.717, 1.165) is 96.3 Å². The van der Waals surface area contributed by atoms with E-state index in [1.54, 1.807) is 6.08 Å². The van der Waals surface area contributed by atoms with Gasteiger partial charge in [-0.3, -0.25) is 4.79 Å². The molecule has 11 atom stereocenters. The summed E-state index contributed by atoms with van der Waals surface area (Å²) in [7, 11) is 0. The van der Waals surface area contributed by atoms with E-state index in [4.69, 9.17) is 28.4 Å². The van der Waals surface area contributed by atoms with Gasteiger partial charge in [0.2, 0.25) is 0 Å². The summed E-state index contributed by atoms with van der Waals surface area (Å²) in [5, 5.41) is 72.2. The number of carbonyl (C=O) groups excluding carboxylic acids is 1. The smallest absolute Gasteiger partial charge is 0.310 e. The van der Waals surface area contributed by atoms with E-state index in [-0.39, 0.29) is 19.6 Å². The topological polar surface area (TPSA) is 214 Å². The zero-order valence-corrected chi connectivity index (χ0v) is 45.2. The van der Waals surface area contributed by atoms with E-state index < -0.39 is 86.7 Å². The molecule has 2 aliphatic rings. The van der Waals surface area contributed by atoms with Crippen LogP contribution in [0.1, 0.15) is 142 Å². The molecule has 14 nitrogen and oxygen atoms in total. The van der Waals surface area contributed by atoms with Crippen LogP contribution in [-0.4, -0.2) is 142 Å². The highest BCUT2D eigenvalue weighted by Crippen LogP contribution is 2.26. The Morgan fingerprint density at radius 1 is 0.440 bits per heavy atom. The molecular weight excluding hydrogens is 957 g/mol. The van der Waals surface area contributed by atoms with Crippen LogP contribution in [0.5, 0.6) is 0 Å². The van der Waals surface area contributed by atoms with Crippen molar-refractivity contribution in [1.29, 1.82) is 0 Å². The Labute approximate surface area is 449 Å². The lowest BCUT2D eigenvalue weighted by atomic mass is 9.98. The van der Waals surface area contributed by atoms with Crippen molar-refractivity contribution >= 4 is 5.97 Å². The van der Waals surface area contributed by atoms with Gasteiger partial charge in [0, 0.05) is 6.61 Å². The maximum absolute atomic E-state index is 13.0. The van der Waals surface area contributed by atoms with E-state index in [1.807, 2.05) is 12.2 Å². The highest BCUT2D eigenvalue weighted by molar-refractivity contribution is 5.71. The van der Waals surface area contributed by atoms with Crippen molar-refractivity contribution in [3.63, 3.8) is 0 Å². The summed E-state index contributed by atoms with van der Waals surface area (Å²) in [6, 6.07) is 0. The molecule has 2 saturated heterocycles. The molecule has 2 aliphatic heterocycles. The number of aliphatic hydroxyl groups excluding tert-OH is 7. The average molecular weight is 1050 g/mol. The van der Waals surface area contributed by atoms with Crippen LogP contribution in [0.2, 0.25) is 0 Å². The number of ether oxygens (including phenoxy) is 6. The number of allylic oxidation sites excluding steroid dienone is 21. The van der Waals surface area contributed by atoms with Crippen molar-refractivity contribution in [3.8, 4) is 0 Å². The Morgan fingerprint density at radius 2 is 0.827 bits per heavy atom. The first-order valence-electron chi connectivity index (χ1n) is 27.8. The third kappa shape index (κ3) is 33.1. The third-order valence-corrected chi connectivity index (χ3v) is 12.2.